The van der Waals surface area contributed by atoms with E-state index in [0.717, 1.165) is 12.1 Å². The molecule has 0 fully saturated rings. The van der Waals surface area contributed by atoms with Gasteiger partial charge < -0.3 is 0 Å². The fourth-order valence-corrected chi connectivity index (χ4v) is 3.36. The number of nitriles is 1. The first-order chi connectivity index (χ1) is 9.85. The Morgan fingerprint density at radius 2 is 2.05 bits per heavy atom. The first-order valence-electron chi connectivity index (χ1n) is 5.37. The van der Waals surface area contributed by atoms with Crippen molar-refractivity contribution in [1.29, 1.82) is 5.26 Å². The van der Waals surface area contributed by atoms with Gasteiger partial charge in [-0.15, -0.1) is 0 Å². The standard InChI is InChI=1S/C12H6BrF2N3O2S/c13-8-4-7(14)5-9(15)12(8)18-21(19,20)11-2-1-3-17-10(11)6-16/h1-5,18H. The van der Waals surface area contributed by atoms with Crippen molar-refractivity contribution in [2.45, 2.75) is 4.90 Å². The summed E-state index contributed by atoms with van der Waals surface area (Å²) in [5.41, 5.74) is -0.784. The highest BCUT2D eigenvalue weighted by molar-refractivity contribution is 9.10. The van der Waals surface area contributed by atoms with Gasteiger partial charge in [-0.3, -0.25) is 4.72 Å². The number of hydrogen-bond donors (Lipinski definition) is 1. The Balaban J connectivity index is 2.51. The molecule has 0 unspecified atom stereocenters. The molecular formula is C12H6BrF2N3O2S. The van der Waals surface area contributed by atoms with E-state index in [1.807, 2.05) is 4.72 Å². The Hall–Kier alpha value is -2.05. The van der Waals surface area contributed by atoms with E-state index < -0.39 is 32.2 Å². The maximum atomic E-state index is 13.7. The molecule has 1 N–H and O–H groups in total. The summed E-state index contributed by atoms with van der Waals surface area (Å²) < 4.78 is 52.9. The maximum absolute atomic E-state index is 13.7. The number of rotatable bonds is 3. The number of sulfonamides is 1. The lowest BCUT2D eigenvalue weighted by atomic mass is 10.3. The fourth-order valence-electron chi connectivity index (χ4n) is 1.52. The lowest BCUT2D eigenvalue weighted by molar-refractivity contribution is 0.581. The summed E-state index contributed by atoms with van der Waals surface area (Å²) in [7, 11) is -4.24. The number of aromatic nitrogens is 1. The molecular weight excluding hydrogens is 368 g/mol. The zero-order valence-electron chi connectivity index (χ0n) is 10.1. The largest absolute Gasteiger partial charge is 0.275 e. The van der Waals surface area contributed by atoms with Gasteiger partial charge in [0.05, 0.1) is 5.69 Å². The highest BCUT2D eigenvalue weighted by Gasteiger charge is 2.22. The van der Waals surface area contributed by atoms with Crippen LogP contribution in [0.25, 0.3) is 0 Å². The average Bonchev–Trinajstić information content (AvgIpc) is 2.43. The zero-order chi connectivity index (χ0) is 15.6. The molecule has 0 saturated heterocycles. The van der Waals surface area contributed by atoms with Crippen molar-refractivity contribution in [1.82, 2.24) is 4.98 Å². The van der Waals surface area contributed by atoms with Crippen molar-refractivity contribution in [3.63, 3.8) is 0 Å². The molecule has 9 heteroatoms. The molecule has 0 saturated carbocycles. The van der Waals surface area contributed by atoms with Gasteiger partial charge in [-0.1, -0.05) is 0 Å². The van der Waals surface area contributed by atoms with Crippen LogP contribution in [0, 0.1) is 23.0 Å². The molecule has 0 aliphatic heterocycles. The van der Waals surface area contributed by atoms with Crippen LogP contribution in [0.4, 0.5) is 14.5 Å². The molecule has 1 heterocycles. The van der Waals surface area contributed by atoms with E-state index in [2.05, 4.69) is 20.9 Å². The van der Waals surface area contributed by atoms with Gasteiger partial charge in [0.2, 0.25) is 0 Å². The third-order valence-corrected chi connectivity index (χ3v) is 4.42. The van der Waals surface area contributed by atoms with Crippen molar-refractivity contribution < 1.29 is 17.2 Å². The lowest BCUT2D eigenvalue weighted by Gasteiger charge is -2.11. The zero-order valence-corrected chi connectivity index (χ0v) is 12.5. The Bertz CT molecular complexity index is 827. The van der Waals surface area contributed by atoms with Gasteiger partial charge in [0.1, 0.15) is 16.8 Å². The third kappa shape index (κ3) is 3.17. The van der Waals surface area contributed by atoms with Gasteiger partial charge in [0.25, 0.3) is 10.0 Å². The number of nitrogens with one attached hydrogen (secondary N) is 1. The van der Waals surface area contributed by atoms with Crippen LogP contribution in [-0.2, 0) is 10.0 Å². The number of halogens is 3. The summed E-state index contributed by atoms with van der Waals surface area (Å²) in [6, 6.07) is 5.56. The van der Waals surface area contributed by atoms with Gasteiger partial charge in [-0.05, 0) is 34.1 Å². The van der Waals surface area contributed by atoms with Gasteiger partial charge in [0, 0.05) is 16.7 Å². The van der Waals surface area contributed by atoms with Crippen LogP contribution >= 0.6 is 15.9 Å². The number of pyridine rings is 1. The SMILES string of the molecule is N#Cc1ncccc1S(=O)(=O)Nc1c(F)cc(F)cc1Br. The molecule has 0 aliphatic rings. The number of anilines is 1. The van der Waals surface area contributed by atoms with Crippen LogP contribution in [0.3, 0.4) is 0 Å². The topological polar surface area (TPSA) is 82.8 Å². The first kappa shape index (κ1) is 15.3. The Kier molecular flexibility index (Phi) is 4.20. The summed E-state index contributed by atoms with van der Waals surface area (Å²) in [4.78, 5) is 3.22. The van der Waals surface area contributed by atoms with Crippen LogP contribution in [0.2, 0.25) is 0 Å². The number of hydrogen-bond acceptors (Lipinski definition) is 4. The van der Waals surface area contributed by atoms with Crippen LogP contribution in [0.15, 0.2) is 39.8 Å². The second-order valence-electron chi connectivity index (χ2n) is 3.81. The fraction of sp³-hybridized carbons (Fsp3) is 0. The van der Waals surface area contributed by atoms with Crippen molar-refractivity contribution in [3.8, 4) is 6.07 Å². The molecule has 1 aromatic heterocycles. The van der Waals surface area contributed by atoms with E-state index in [0.29, 0.717) is 6.07 Å². The van der Waals surface area contributed by atoms with E-state index >= 15 is 0 Å². The third-order valence-electron chi connectivity index (χ3n) is 2.41. The predicted octanol–water partition coefficient (Wildman–Crippen LogP) is 2.79. The van der Waals surface area contributed by atoms with Gasteiger partial charge in [-0.2, -0.15) is 5.26 Å². The summed E-state index contributed by atoms with van der Waals surface area (Å²) in [6.45, 7) is 0. The molecule has 0 spiro atoms. The summed E-state index contributed by atoms with van der Waals surface area (Å²) in [5.74, 6) is -1.95. The van der Waals surface area contributed by atoms with Gasteiger partial charge in [-0.25, -0.2) is 22.2 Å². The van der Waals surface area contributed by atoms with Gasteiger partial charge in [0.15, 0.2) is 11.5 Å². The Labute approximate surface area is 127 Å². The summed E-state index contributed by atoms with van der Waals surface area (Å²) in [5, 5.41) is 8.86. The Morgan fingerprint density at radius 1 is 1.33 bits per heavy atom. The van der Waals surface area contributed by atoms with Crippen molar-refractivity contribution in [3.05, 3.63) is 52.3 Å². The average molecular weight is 374 g/mol. The number of nitrogens with zero attached hydrogens (tertiary/aromatic N) is 2. The van der Waals surface area contributed by atoms with Crippen molar-refractivity contribution >= 4 is 31.6 Å². The van der Waals surface area contributed by atoms with E-state index in [9.17, 15) is 17.2 Å². The van der Waals surface area contributed by atoms with Crippen molar-refractivity contribution in [2.75, 3.05) is 4.72 Å². The van der Waals surface area contributed by atoms with E-state index in [-0.39, 0.29) is 10.2 Å². The normalized spacial score (nSPS) is 11.0. The minimum Gasteiger partial charge on any atom is -0.275 e. The predicted molar refractivity (Wildman–Crippen MR) is 73.8 cm³/mol. The second kappa shape index (κ2) is 5.75. The highest BCUT2D eigenvalue weighted by Crippen LogP contribution is 2.29. The minimum absolute atomic E-state index is 0.106. The summed E-state index contributed by atoms with van der Waals surface area (Å²) >= 11 is 2.87. The molecule has 108 valence electrons. The van der Waals surface area contributed by atoms with Crippen LogP contribution in [0.1, 0.15) is 5.69 Å². The monoisotopic (exact) mass is 373 g/mol. The molecule has 0 radical (unpaired) electrons. The molecule has 0 amide bonds. The Morgan fingerprint density at radius 3 is 2.67 bits per heavy atom. The molecule has 2 aromatic rings. The maximum Gasteiger partial charge on any atom is 0.264 e. The second-order valence-corrected chi connectivity index (χ2v) is 6.32. The van der Waals surface area contributed by atoms with E-state index in [4.69, 9.17) is 5.26 Å². The van der Waals surface area contributed by atoms with Crippen LogP contribution in [0.5, 0.6) is 0 Å². The summed E-state index contributed by atoms with van der Waals surface area (Å²) in [6.07, 6.45) is 1.26. The van der Waals surface area contributed by atoms with Gasteiger partial charge >= 0.3 is 0 Å². The van der Waals surface area contributed by atoms with Crippen molar-refractivity contribution in [2.24, 2.45) is 0 Å². The molecule has 0 bridgehead atoms. The molecule has 21 heavy (non-hydrogen) atoms. The molecule has 0 atom stereocenters. The lowest BCUT2D eigenvalue weighted by Crippen LogP contribution is -2.16. The molecule has 2 rings (SSSR count). The molecule has 5 nitrogen and oxygen atoms in total. The highest BCUT2D eigenvalue weighted by atomic mass is 79.9. The van der Waals surface area contributed by atoms with Crippen LogP contribution in [-0.4, -0.2) is 13.4 Å². The minimum atomic E-state index is -4.24. The molecule has 1 aromatic carbocycles. The van der Waals surface area contributed by atoms with E-state index in [1.165, 1.54) is 12.3 Å². The number of benzene rings is 1. The van der Waals surface area contributed by atoms with E-state index in [1.54, 1.807) is 6.07 Å². The first-order valence-corrected chi connectivity index (χ1v) is 7.65. The smallest absolute Gasteiger partial charge is 0.264 e. The molecule has 0 aliphatic carbocycles. The van der Waals surface area contributed by atoms with Crippen LogP contribution < -0.4 is 4.72 Å². The quantitative estimate of drug-likeness (QED) is 0.896.